The maximum atomic E-state index is 13.7. The van der Waals surface area contributed by atoms with Gasteiger partial charge in [0, 0.05) is 18.8 Å². The van der Waals surface area contributed by atoms with Gasteiger partial charge in [-0.1, -0.05) is 6.07 Å². The molecule has 0 fully saturated rings. The number of nitrogens with one attached hydrogen (secondary N) is 1. The van der Waals surface area contributed by atoms with Crippen LogP contribution in [0.5, 0.6) is 17.4 Å². The predicted molar refractivity (Wildman–Crippen MR) is 97.7 cm³/mol. The smallest absolute Gasteiger partial charge is 0.246 e. The number of methoxy groups -OCH3 is 1. The zero-order valence-corrected chi connectivity index (χ0v) is 15.5. The Labute approximate surface area is 160 Å². The van der Waals surface area contributed by atoms with Crippen LogP contribution >= 0.6 is 0 Å². The summed E-state index contributed by atoms with van der Waals surface area (Å²) >= 11 is 0. The van der Waals surface area contributed by atoms with E-state index in [0.29, 0.717) is 17.1 Å². The molecule has 146 valence electrons. The molecule has 0 unspecified atom stereocenters. The Kier molecular flexibility index (Phi) is 5.86. The van der Waals surface area contributed by atoms with Crippen LogP contribution in [0.2, 0.25) is 0 Å². The lowest BCUT2D eigenvalue weighted by Gasteiger charge is -2.10. The summed E-state index contributed by atoms with van der Waals surface area (Å²) in [5, 5.41) is 0. The molecule has 3 rings (SSSR count). The lowest BCUT2D eigenvalue weighted by atomic mass is 10.3. The average molecular weight is 406 g/mol. The Balaban J connectivity index is 1.72. The first-order valence-corrected chi connectivity index (χ1v) is 9.58. The van der Waals surface area contributed by atoms with E-state index in [2.05, 4.69) is 9.71 Å². The second-order valence-electron chi connectivity index (χ2n) is 5.66. The molecule has 0 aliphatic heterocycles. The molecule has 2 aromatic carbocycles. The SMILES string of the molecule is COc1ccc(Oc2cc(CNS(=O)(=O)c3c(F)cccc3F)ccn2)cc1. The highest BCUT2D eigenvalue weighted by Crippen LogP contribution is 2.23. The Morgan fingerprint density at radius 2 is 1.64 bits per heavy atom. The van der Waals surface area contributed by atoms with Gasteiger partial charge in [-0.25, -0.2) is 26.9 Å². The van der Waals surface area contributed by atoms with Crippen LogP contribution in [0.4, 0.5) is 8.78 Å². The lowest BCUT2D eigenvalue weighted by molar-refractivity contribution is 0.412. The van der Waals surface area contributed by atoms with Gasteiger partial charge in [0.1, 0.15) is 23.1 Å². The van der Waals surface area contributed by atoms with Crippen LogP contribution in [-0.2, 0) is 16.6 Å². The van der Waals surface area contributed by atoms with Gasteiger partial charge in [-0.05, 0) is 48.0 Å². The van der Waals surface area contributed by atoms with Crippen molar-refractivity contribution >= 4 is 10.0 Å². The first-order valence-electron chi connectivity index (χ1n) is 8.09. The van der Waals surface area contributed by atoms with Crippen molar-refractivity contribution < 1.29 is 26.7 Å². The van der Waals surface area contributed by atoms with Crippen molar-refractivity contribution in [1.82, 2.24) is 9.71 Å². The number of rotatable bonds is 7. The molecule has 1 heterocycles. The lowest BCUT2D eigenvalue weighted by Crippen LogP contribution is -2.25. The summed E-state index contributed by atoms with van der Waals surface area (Å²) in [6.07, 6.45) is 1.44. The molecule has 3 aromatic rings. The van der Waals surface area contributed by atoms with Gasteiger partial charge < -0.3 is 9.47 Å². The Bertz CT molecular complexity index is 1050. The van der Waals surface area contributed by atoms with Gasteiger partial charge in [-0.15, -0.1) is 0 Å². The van der Waals surface area contributed by atoms with E-state index in [1.165, 1.54) is 12.3 Å². The largest absolute Gasteiger partial charge is 0.497 e. The molecule has 0 amide bonds. The van der Waals surface area contributed by atoms with E-state index in [4.69, 9.17) is 9.47 Å². The molecule has 0 radical (unpaired) electrons. The number of hydrogen-bond donors (Lipinski definition) is 1. The Morgan fingerprint density at radius 3 is 2.29 bits per heavy atom. The van der Waals surface area contributed by atoms with E-state index < -0.39 is 26.6 Å². The van der Waals surface area contributed by atoms with Gasteiger partial charge in [0.25, 0.3) is 0 Å². The number of benzene rings is 2. The first-order chi connectivity index (χ1) is 13.4. The number of ether oxygens (including phenoxy) is 2. The summed E-state index contributed by atoms with van der Waals surface area (Å²) in [6.45, 7) is -0.197. The van der Waals surface area contributed by atoms with Crippen LogP contribution in [0.1, 0.15) is 5.56 Å². The van der Waals surface area contributed by atoms with Crippen molar-refractivity contribution in [3.8, 4) is 17.4 Å². The first kappa shape index (κ1) is 19.7. The summed E-state index contributed by atoms with van der Waals surface area (Å²) in [5.41, 5.74) is 0.499. The summed E-state index contributed by atoms with van der Waals surface area (Å²) < 4.78 is 64.8. The predicted octanol–water partition coefficient (Wildman–Crippen LogP) is 3.64. The van der Waals surface area contributed by atoms with Gasteiger partial charge in [0.05, 0.1) is 7.11 Å². The van der Waals surface area contributed by atoms with Gasteiger partial charge in [-0.2, -0.15) is 0 Å². The van der Waals surface area contributed by atoms with Crippen LogP contribution in [0, 0.1) is 11.6 Å². The number of pyridine rings is 1. The Hall–Kier alpha value is -3.04. The van der Waals surface area contributed by atoms with Crippen LogP contribution in [0.3, 0.4) is 0 Å². The average Bonchev–Trinajstić information content (AvgIpc) is 2.67. The minimum absolute atomic E-state index is 0.197. The van der Waals surface area contributed by atoms with E-state index >= 15 is 0 Å². The van der Waals surface area contributed by atoms with Crippen molar-refractivity contribution in [2.24, 2.45) is 0 Å². The highest BCUT2D eigenvalue weighted by molar-refractivity contribution is 7.89. The molecular formula is C19H16F2N2O4S. The van der Waals surface area contributed by atoms with Gasteiger partial charge in [0.2, 0.25) is 15.9 Å². The fourth-order valence-electron chi connectivity index (χ4n) is 2.37. The van der Waals surface area contributed by atoms with Gasteiger partial charge in [-0.3, -0.25) is 0 Å². The molecule has 1 N–H and O–H groups in total. The molecule has 1 aromatic heterocycles. The molecule has 9 heteroatoms. The van der Waals surface area contributed by atoms with Crippen molar-refractivity contribution in [3.05, 3.63) is 78.0 Å². The van der Waals surface area contributed by atoms with E-state index in [1.807, 2.05) is 0 Å². The van der Waals surface area contributed by atoms with Crippen molar-refractivity contribution in [2.75, 3.05) is 7.11 Å². The van der Waals surface area contributed by atoms with Crippen molar-refractivity contribution in [2.45, 2.75) is 11.4 Å². The normalized spacial score (nSPS) is 11.2. The van der Waals surface area contributed by atoms with E-state index in [1.54, 1.807) is 37.4 Å². The summed E-state index contributed by atoms with van der Waals surface area (Å²) in [7, 11) is -2.82. The number of nitrogens with zero attached hydrogens (tertiary/aromatic N) is 1. The molecule has 6 nitrogen and oxygen atoms in total. The maximum absolute atomic E-state index is 13.7. The Morgan fingerprint density at radius 1 is 1.00 bits per heavy atom. The van der Waals surface area contributed by atoms with E-state index in [0.717, 1.165) is 18.2 Å². The highest BCUT2D eigenvalue weighted by atomic mass is 32.2. The fraction of sp³-hybridized carbons (Fsp3) is 0.105. The molecule has 0 atom stereocenters. The zero-order valence-electron chi connectivity index (χ0n) is 14.7. The van der Waals surface area contributed by atoms with Gasteiger partial charge >= 0.3 is 0 Å². The quantitative estimate of drug-likeness (QED) is 0.648. The minimum Gasteiger partial charge on any atom is -0.497 e. The molecule has 0 aliphatic carbocycles. The van der Waals surface area contributed by atoms with Crippen LogP contribution in [0.15, 0.2) is 65.7 Å². The van der Waals surface area contributed by atoms with Crippen LogP contribution < -0.4 is 14.2 Å². The van der Waals surface area contributed by atoms with Gasteiger partial charge in [0.15, 0.2) is 4.90 Å². The molecule has 0 aliphatic rings. The second-order valence-corrected chi connectivity index (χ2v) is 7.36. The van der Waals surface area contributed by atoms with Crippen LogP contribution in [-0.4, -0.2) is 20.5 Å². The fourth-order valence-corrected chi connectivity index (χ4v) is 3.52. The second kappa shape index (κ2) is 8.32. The third-order valence-electron chi connectivity index (χ3n) is 3.74. The summed E-state index contributed by atoms with van der Waals surface area (Å²) in [4.78, 5) is 3.04. The number of halogens is 2. The molecule has 0 saturated carbocycles. The minimum atomic E-state index is -4.37. The molecular weight excluding hydrogens is 390 g/mol. The van der Waals surface area contributed by atoms with Crippen molar-refractivity contribution in [3.63, 3.8) is 0 Å². The van der Waals surface area contributed by atoms with E-state index in [-0.39, 0.29) is 12.4 Å². The molecule has 0 spiro atoms. The topological polar surface area (TPSA) is 77.5 Å². The van der Waals surface area contributed by atoms with Crippen LogP contribution in [0.25, 0.3) is 0 Å². The number of sulfonamides is 1. The monoisotopic (exact) mass is 406 g/mol. The molecule has 0 saturated heterocycles. The highest BCUT2D eigenvalue weighted by Gasteiger charge is 2.23. The van der Waals surface area contributed by atoms with E-state index in [9.17, 15) is 17.2 Å². The number of hydrogen-bond acceptors (Lipinski definition) is 5. The third kappa shape index (κ3) is 4.62. The summed E-state index contributed by atoms with van der Waals surface area (Å²) in [6, 6.07) is 12.7. The summed E-state index contributed by atoms with van der Waals surface area (Å²) in [5.74, 6) is -0.904. The third-order valence-corrected chi connectivity index (χ3v) is 5.19. The van der Waals surface area contributed by atoms with Crippen molar-refractivity contribution in [1.29, 1.82) is 0 Å². The zero-order chi connectivity index (χ0) is 20.1. The number of aromatic nitrogens is 1. The molecule has 28 heavy (non-hydrogen) atoms. The molecule has 0 bridgehead atoms. The maximum Gasteiger partial charge on any atom is 0.246 e. The standard InChI is InChI=1S/C19H16F2N2O4S/c1-26-14-5-7-15(8-6-14)27-18-11-13(9-10-22-18)12-23-28(24,25)19-16(20)3-2-4-17(19)21/h2-11,23H,12H2,1H3.